The summed E-state index contributed by atoms with van der Waals surface area (Å²) >= 11 is 0. The SMILES string of the molecule is Cc1cccc2[nH]c(-c3cncc4cnc(N[C@@H]5CCCC[C@@H]5N)nc34)cc12. The molecule has 6 heteroatoms. The first-order valence-corrected chi connectivity index (χ1v) is 9.90. The van der Waals surface area contributed by atoms with Crippen LogP contribution in [0.2, 0.25) is 0 Å². The number of anilines is 1. The van der Waals surface area contributed by atoms with Crippen molar-refractivity contribution in [3.05, 3.63) is 48.4 Å². The Bertz CT molecular complexity index is 1150. The third kappa shape index (κ3) is 2.99. The number of benzene rings is 1. The van der Waals surface area contributed by atoms with E-state index in [1.165, 1.54) is 23.8 Å². The summed E-state index contributed by atoms with van der Waals surface area (Å²) in [5, 5.41) is 5.60. The maximum Gasteiger partial charge on any atom is 0.223 e. The van der Waals surface area contributed by atoms with Crippen molar-refractivity contribution < 1.29 is 0 Å². The van der Waals surface area contributed by atoms with Gasteiger partial charge >= 0.3 is 0 Å². The van der Waals surface area contributed by atoms with E-state index in [4.69, 9.17) is 10.7 Å². The molecule has 0 spiro atoms. The highest BCUT2D eigenvalue weighted by Crippen LogP contribution is 2.30. The van der Waals surface area contributed by atoms with E-state index in [0.717, 1.165) is 40.5 Å². The molecule has 3 heterocycles. The van der Waals surface area contributed by atoms with E-state index in [9.17, 15) is 0 Å². The van der Waals surface area contributed by atoms with Gasteiger partial charge in [-0.3, -0.25) is 4.98 Å². The second kappa shape index (κ2) is 6.87. The molecule has 0 radical (unpaired) electrons. The van der Waals surface area contributed by atoms with Crippen molar-refractivity contribution in [1.29, 1.82) is 0 Å². The highest BCUT2D eigenvalue weighted by molar-refractivity contribution is 5.96. The Morgan fingerprint density at radius 1 is 1.14 bits per heavy atom. The van der Waals surface area contributed by atoms with Crippen LogP contribution in [0, 0.1) is 6.92 Å². The average Bonchev–Trinajstić information content (AvgIpc) is 3.15. The largest absolute Gasteiger partial charge is 0.354 e. The number of aromatic amines is 1. The number of aryl methyl sites for hydroxylation is 1. The molecule has 0 saturated heterocycles. The van der Waals surface area contributed by atoms with Gasteiger partial charge in [-0.05, 0) is 37.5 Å². The van der Waals surface area contributed by atoms with Gasteiger partial charge in [0.05, 0.1) is 11.2 Å². The second-order valence-corrected chi connectivity index (χ2v) is 7.74. The summed E-state index contributed by atoms with van der Waals surface area (Å²) in [7, 11) is 0. The maximum absolute atomic E-state index is 6.28. The van der Waals surface area contributed by atoms with Crippen LogP contribution in [0.3, 0.4) is 0 Å². The molecule has 0 unspecified atom stereocenters. The van der Waals surface area contributed by atoms with Crippen molar-refractivity contribution in [2.45, 2.75) is 44.7 Å². The Hall–Kier alpha value is -2.99. The fourth-order valence-electron chi connectivity index (χ4n) is 4.18. The first-order valence-electron chi connectivity index (χ1n) is 9.90. The van der Waals surface area contributed by atoms with Crippen molar-refractivity contribution >= 4 is 27.8 Å². The Labute approximate surface area is 163 Å². The first kappa shape index (κ1) is 17.1. The Morgan fingerprint density at radius 3 is 2.89 bits per heavy atom. The molecule has 28 heavy (non-hydrogen) atoms. The molecule has 2 atom stereocenters. The van der Waals surface area contributed by atoms with Crippen LogP contribution < -0.4 is 11.1 Å². The number of rotatable bonds is 3. The van der Waals surface area contributed by atoms with Crippen LogP contribution in [0.15, 0.2) is 42.9 Å². The lowest BCUT2D eigenvalue weighted by molar-refractivity contribution is 0.402. The van der Waals surface area contributed by atoms with Crippen LogP contribution >= 0.6 is 0 Å². The van der Waals surface area contributed by atoms with E-state index in [2.05, 4.69) is 51.5 Å². The molecule has 142 valence electrons. The van der Waals surface area contributed by atoms with Crippen molar-refractivity contribution in [1.82, 2.24) is 19.9 Å². The first-order chi connectivity index (χ1) is 13.7. The van der Waals surface area contributed by atoms with E-state index in [1.54, 1.807) is 0 Å². The normalized spacial score (nSPS) is 19.9. The number of nitrogens with zero attached hydrogens (tertiary/aromatic N) is 3. The van der Waals surface area contributed by atoms with E-state index in [0.29, 0.717) is 5.95 Å². The number of hydrogen-bond acceptors (Lipinski definition) is 5. The van der Waals surface area contributed by atoms with Crippen LogP contribution in [-0.4, -0.2) is 32.0 Å². The fourth-order valence-corrected chi connectivity index (χ4v) is 4.18. The van der Waals surface area contributed by atoms with Crippen molar-refractivity contribution in [3.63, 3.8) is 0 Å². The zero-order valence-corrected chi connectivity index (χ0v) is 15.9. The van der Waals surface area contributed by atoms with Gasteiger partial charge in [-0.1, -0.05) is 25.0 Å². The van der Waals surface area contributed by atoms with Gasteiger partial charge in [-0.25, -0.2) is 9.97 Å². The molecular formula is C22H24N6. The van der Waals surface area contributed by atoms with Crippen LogP contribution in [0.1, 0.15) is 31.2 Å². The van der Waals surface area contributed by atoms with Gasteiger partial charge in [-0.2, -0.15) is 0 Å². The monoisotopic (exact) mass is 372 g/mol. The zero-order chi connectivity index (χ0) is 19.1. The number of nitrogens with two attached hydrogens (primary N) is 1. The minimum atomic E-state index is 0.154. The lowest BCUT2D eigenvalue weighted by atomic mass is 9.91. The van der Waals surface area contributed by atoms with Crippen LogP contribution in [0.5, 0.6) is 0 Å². The molecule has 1 aromatic carbocycles. The number of aromatic nitrogens is 4. The number of nitrogens with one attached hydrogen (secondary N) is 2. The summed E-state index contributed by atoms with van der Waals surface area (Å²) in [5.74, 6) is 0.634. The molecule has 1 fully saturated rings. The Morgan fingerprint density at radius 2 is 2.04 bits per heavy atom. The smallest absolute Gasteiger partial charge is 0.223 e. The molecule has 0 amide bonds. The number of H-pyrrole nitrogens is 1. The second-order valence-electron chi connectivity index (χ2n) is 7.74. The lowest BCUT2D eigenvalue weighted by Crippen LogP contribution is -2.42. The predicted molar refractivity (Wildman–Crippen MR) is 113 cm³/mol. The number of hydrogen-bond donors (Lipinski definition) is 3. The highest BCUT2D eigenvalue weighted by atomic mass is 15.1. The van der Waals surface area contributed by atoms with Gasteiger partial charge in [-0.15, -0.1) is 0 Å². The van der Waals surface area contributed by atoms with Crippen molar-refractivity contribution in [3.8, 4) is 11.3 Å². The summed E-state index contributed by atoms with van der Waals surface area (Å²) in [6.07, 6.45) is 10.0. The predicted octanol–water partition coefficient (Wildman–Crippen LogP) is 4.16. The molecule has 0 bridgehead atoms. The van der Waals surface area contributed by atoms with E-state index >= 15 is 0 Å². The molecule has 5 rings (SSSR count). The number of fused-ring (bicyclic) bond motifs is 2. The maximum atomic E-state index is 6.28. The summed E-state index contributed by atoms with van der Waals surface area (Å²) < 4.78 is 0. The van der Waals surface area contributed by atoms with Crippen LogP contribution in [0.4, 0.5) is 5.95 Å². The summed E-state index contributed by atoms with van der Waals surface area (Å²) in [4.78, 5) is 17.2. The third-order valence-electron chi connectivity index (χ3n) is 5.80. The van der Waals surface area contributed by atoms with Gasteiger partial charge in [0.25, 0.3) is 0 Å². The van der Waals surface area contributed by atoms with Crippen LogP contribution in [0.25, 0.3) is 33.1 Å². The standard InChI is InChI=1S/C22H24N6/c1-13-5-4-8-18-15(13)9-20(26-18)16-12-24-10-14-11-25-22(28-21(14)16)27-19-7-3-2-6-17(19)23/h4-5,8-12,17,19,26H,2-3,6-7,23H2,1H3,(H,25,27,28)/t17-,19+/m0/s1. The number of pyridine rings is 1. The van der Waals surface area contributed by atoms with E-state index in [-0.39, 0.29) is 12.1 Å². The molecule has 0 aliphatic heterocycles. The molecular weight excluding hydrogens is 348 g/mol. The Balaban J connectivity index is 1.57. The topological polar surface area (TPSA) is 92.5 Å². The quantitative estimate of drug-likeness (QED) is 0.502. The average molecular weight is 372 g/mol. The van der Waals surface area contributed by atoms with Gasteiger partial charge in [0, 0.05) is 52.5 Å². The van der Waals surface area contributed by atoms with Gasteiger partial charge in [0.1, 0.15) is 0 Å². The van der Waals surface area contributed by atoms with Crippen LogP contribution in [-0.2, 0) is 0 Å². The van der Waals surface area contributed by atoms with Crippen molar-refractivity contribution in [2.75, 3.05) is 5.32 Å². The van der Waals surface area contributed by atoms with E-state index in [1.807, 2.05) is 18.6 Å². The van der Waals surface area contributed by atoms with E-state index < -0.39 is 0 Å². The van der Waals surface area contributed by atoms with Gasteiger partial charge < -0.3 is 16.0 Å². The lowest BCUT2D eigenvalue weighted by Gasteiger charge is -2.29. The summed E-state index contributed by atoms with van der Waals surface area (Å²) in [6.45, 7) is 2.12. The third-order valence-corrected chi connectivity index (χ3v) is 5.80. The highest BCUT2D eigenvalue weighted by Gasteiger charge is 2.22. The minimum absolute atomic E-state index is 0.154. The Kier molecular flexibility index (Phi) is 4.20. The molecule has 4 aromatic rings. The molecule has 6 nitrogen and oxygen atoms in total. The molecule has 1 saturated carbocycles. The van der Waals surface area contributed by atoms with Gasteiger partial charge in [0.2, 0.25) is 5.95 Å². The summed E-state index contributed by atoms with van der Waals surface area (Å²) in [5.41, 5.74) is 11.5. The van der Waals surface area contributed by atoms with Crippen molar-refractivity contribution in [2.24, 2.45) is 5.73 Å². The molecule has 3 aromatic heterocycles. The molecule has 4 N–H and O–H groups in total. The molecule has 1 aliphatic carbocycles. The zero-order valence-electron chi connectivity index (χ0n) is 15.9. The van der Waals surface area contributed by atoms with Gasteiger partial charge in [0.15, 0.2) is 0 Å². The molecule has 1 aliphatic rings. The summed E-state index contributed by atoms with van der Waals surface area (Å²) in [6, 6.07) is 8.84. The fraction of sp³-hybridized carbons (Fsp3) is 0.318. The minimum Gasteiger partial charge on any atom is -0.354 e.